The third kappa shape index (κ3) is 1.88. The van der Waals surface area contributed by atoms with Crippen LogP contribution in [0.15, 0.2) is 30.5 Å². The summed E-state index contributed by atoms with van der Waals surface area (Å²) in [6.45, 7) is 2.06. The maximum atomic E-state index is 5.70. The number of fused-ring (bicyclic) bond motifs is 1. The summed E-state index contributed by atoms with van der Waals surface area (Å²) in [5.41, 5.74) is 3.52. The van der Waals surface area contributed by atoms with E-state index < -0.39 is 0 Å². The van der Waals surface area contributed by atoms with Crippen LogP contribution >= 0.6 is 11.6 Å². The maximum Gasteiger partial charge on any atom is 0.0702 e. The van der Waals surface area contributed by atoms with E-state index in [2.05, 4.69) is 36.2 Å². The summed E-state index contributed by atoms with van der Waals surface area (Å²) in [5, 5.41) is 1.20. The van der Waals surface area contributed by atoms with Gasteiger partial charge in [0.25, 0.3) is 0 Å². The Kier molecular flexibility index (Phi) is 2.69. The van der Waals surface area contributed by atoms with E-state index >= 15 is 0 Å². The summed E-state index contributed by atoms with van der Waals surface area (Å²) in [6, 6.07) is 8.46. The minimum Gasteiger partial charge on any atom is -0.256 e. The van der Waals surface area contributed by atoms with Crippen LogP contribution in [0.2, 0.25) is 0 Å². The molecule has 2 rings (SSSR count). The fourth-order valence-electron chi connectivity index (χ4n) is 1.56. The quantitative estimate of drug-likeness (QED) is 0.686. The average Bonchev–Trinajstić information content (AvgIpc) is 2.17. The van der Waals surface area contributed by atoms with Gasteiger partial charge >= 0.3 is 0 Å². The molecule has 0 fully saturated rings. The van der Waals surface area contributed by atoms with Crippen molar-refractivity contribution in [3.8, 4) is 0 Å². The molecule has 0 atom stereocenters. The Balaban J connectivity index is 2.52. The Morgan fingerprint density at radius 3 is 2.93 bits per heavy atom. The van der Waals surface area contributed by atoms with Gasteiger partial charge in [-0.05, 0) is 42.7 Å². The van der Waals surface area contributed by atoms with E-state index in [0.29, 0.717) is 5.88 Å². The molecule has 0 spiro atoms. The number of halogens is 1. The second kappa shape index (κ2) is 3.97. The number of rotatable bonds is 2. The highest BCUT2D eigenvalue weighted by molar-refractivity contribution is 6.18. The van der Waals surface area contributed by atoms with Gasteiger partial charge in [0.15, 0.2) is 0 Å². The van der Waals surface area contributed by atoms with E-state index in [0.717, 1.165) is 11.9 Å². The molecule has 1 aromatic heterocycles. The summed E-state index contributed by atoms with van der Waals surface area (Å²) in [6.07, 6.45) is 2.81. The van der Waals surface area contributed by atoms with Crippen molar-refractivity contribution in [1.29, 1.82) is 0 Å². The van der Waals surface area contributed by atoms with Crippen LogP contribution in [0.25, 0.3) is 10.9 Å². The Bertz CT molecular complexity index is 451. The number of benzene rings is 1. The van der Waals surface area contributed by atoms with Gasteiger partial charge in [0.05, 0.1) is 5.52 Å². The molecule has 1 aromatic carbocycles. The Morgan fingerprint density at radius 1 is 1.29 bits per heavy atom. The third-order valence-corrected chi connectivity index (χ3v) is 2.45. The lowest BCUT2D eigenvalue weighted by molar-refractivity contribution is 1.15. The summed E-state index contributed by atoms with van der Waals surface area (Å²) in [7, 11) is 0. The topological polar surface area (TPSA) is 12.9 Å². The smallest absolute Gasteiger partial charge is 0.0702 e. The van der Waals surface area contributed by atoms with Crippen LogP contribution in [-0.2, 0) is 6.42 Å². The van der Waals surface area contributed by atoms with Gasteiger partial charge in [0.1, 0.15) is 0 Å². The zero-order chi connectivity index (χ0) is 9.97. The zero-order valence-corrected chi connectivity index (χ0v) is 8.88. The lowest BCUT2D eigenvalue weighted by Gasteiger charge is -2.01. The summed E-state index contributed by atoms with van der Waals surface area (Å²) >= 11 is 5.70. The molecule has 72 valence electrons. The molecular weight excluding hydrogens is 194 g/mol. The highest BCUT2D eigenvalue weighted by Gasteiger charge is 1.97. The molecule has 2 heteroatoms. The molecule has 0 aliphatic heterocycles. The van der Waals surface area contributed by atoms with E-state index in [1.807, 2.05) is 6.20 Å². The number of aryl methyl sites for hydroxylation is 2. The molecule has 0 aliphatic rings. The summed E-state index contributed by atoms with van der Waals surface area (Å²) < 4.78 is 0. The van der Waals surface area contributed by atoms with Crippen LogP contribution in [0, 0.1) is 6.92 Å². The van der Waals surface area contributed by atoms with E-state index in [4.69, 9.17) is 11.6 Å². The van der Waals surface area contributed by atoms with Gasteiger partial charge in [-0.2, -0.15) is 0 Å². The summed E-state index contributed by atoms with van der Waals surface area (Å²) in [5.74, 6) is 0.671. The Hall–Kier alpha value is -1.08. The van der Waals surface area contributed by atoms with Gasteiger partial charge in [-0.25, -0.2) is 0 Å². The Morgan fingerprint density at radius 2 is 2.14 bits per heavy atom. The predicted molar refractivity (Wildman–Crippen MR) is 60.9 cm³/mol. The van der Waals surface area contributed by atoms with Crippen molar-refractivity contribution < 1.29 is 0 Å². The maximum absolute atomic E-state index is 5.70. The van der Waals surface area contributed by atoms with Gasteiger partial charge in [-0.1, -0.05) is 6.07 Å². The normalized spacial score (nSPS) is 10.7. The van der Waals surface area contributed by atoms with E-state index in [9.17, 15) is 0 Å². The molecule has 0 unspecified atom stereocenters. The SMILES string of the molecule is Cc1cnc2ccc(CCCl)cc2c1. The molecule has 0 amide bonds. The van der Waals surface area contributed by atoms with Crippen LogP contribution in [0.1, 0.15) is 11.1 Å². The minimum atomic E-state index is 0.671. The number of alkyl halides is 1. The fourth-order valence-corrected chi connectivity index (χ4v) is 1.77. The van der Waals surface area contributed by atoms with Crippen LogP contribution in [0.4, 0.5) is 0 Å². The van der Waals surface area contributed by atoms with Crippen LogP contribution in [-0.4, -0.2) is 10.9 Å². The fraction of sp³-hybridized carbons (Fsp3) is 0.250. The summed E-state index contributed by atoms with van der Waals surface area (Å²) in [4.78, 5) is 4.35. The van der Waals surface area contributed by atoms with Crippen molar-refractivity contribution in [2.45, 2.75) is 13.3 Å². The number of nitrogens with zero attached hydrogens (tertiary/aromatic N) is 1. The van der Waals surface area contributed by atoms with Crippen molar-refractivity contribution in [3.05, 3.63) is 41.6 Å². The van der Waals surface area contributed by atoms with Gasteiger partial charge < -0.3 is 0 Å². The monoisotopic (exact) mass is 205 g/mol. The minimum absolute atomic E-state index is 0.671. The largest absolute Gasteiger partial charge is 0.256 e. The lowest BCUT2D eigenvalue weighted by Crippen LogP contribution is -1.87. The van der Waals surface area contributed by atoms with Gasteiger partial charge in [-0.3, -0.25) is 4.98 Å². The number of hydrogen-bond acceptors (Lipinski definition) is 1. The van der Waals surface area contributed by atoms with E-state index in [1.165, 1.54) is 16.5 Å². The van der Waals surface area contributed by atoms with Crippen molar-refractivity contribution in [2.24, 2.45) is 0 Å². The molecule has 0 aliphatic carbocycles. The van der Waals surface area contributed by atoms with Crippen molar-refractivity contribution in [1.82, 2.24) is 4.98 Å². The van der Waals surface area contributed by atoms with Gasteiger partial charge in [0, 0.05) is 17.5 Å². The van der Waals surface area contributed by atoms with Gasteiger partial charge in [0.2, 0.25) is 0 Å². The highest BCUT2D eigenvalue weighted by atomic mass is 35.5. The van der Waals surface area contributed by atoms with Crippen LogP contribution < -0.4 is 0 Å². The number of aromatic nitrogens is 1. The lowest BCUT2D eigenvalue weighted by atomic mass is 10.1. The number of hydrogen-bond donors (Lipinski definition) is 0. The molecule has 1 nitrogen and oxygen atoms in total. The second-order valence-electron chi connectivity index (χ2n) is 3.48. The van der Waals surface area contributed by atoms with E-state index in [1.54, 1.807) is 0 Å². The molecule has 0 N–H and O–H groups in total. The van der Waals surface area contributed by atoms with Crippen LogP contribution in [0.3, 0.4) is 0 Å². The molecule has 2 aromatic rings. The molecule has 1 heterocycles. The average molecular weight is 206 g/mol. The molecule has 0 saturated heterocycles. The molecule has 0 radical (unpaired) electrons. The highest BCUT2D eigenvalue weighted by Crippen LogP contribution is 2.15. The third-order valence-electron chi connectivity index (χ3n) is 2.27. The van der Waals surface area contributed by atoms with Crippen molar-refractivity contribution in [2.75, 3.05) is 5.88 Å². The predicted octanol–water partition coefficient (Wildman–Crippen LogP) is 3.32. The number of pyridine rings is 1. The van der Waals surface area contributed by atoms with E-state index in [-0.39, 0.29) is 0 Å². The zero-order valence-electron chi connectivity index (χ0n) is 8.13. The van der Waals surface area contributed by atoms with Crippen molar-refractivity contribution in [3.63, 3.8) is 0 Å². The molecular formula is C12H12ClN. The van der Waals surface area contributed by atoms with Crippen molar-refractivity contribution >= 4 is 22.5 Å². The van der Waals surface area contributed by atoms with Crippen LogP contribution in [0.5, 0.6) is 0 Å². The first kappa shape index (κ1) is 9.47. The first-order valence-electron chi connectivity index (χ1n) is 4.71. The van der Waals surface area contributed by atoms with Gasteiger partial charge in [-0.15, -0.1) is 11.6 Å². The first-order valence-corrected chi connectivity index (χ1v) is 5.24. The second-order valence-corrected chi connectivity index (χ2v) is 3.86. The molecule has 14 heavy (non-hydrogen) atoms. The molecule has 0 bridgehead atoms. The molecule has 0 saturated carbocycles. The Labute approximate surface area is 88.7 Å². The first-order chi connectivity index (χ1) is 6.79. The standard InChI is InChI=1S/C12H12ClN/c1-9-6-11-7-10(4-5-13)2-3-12(11)14-8-9/h2-3,6-8H,4-5H2,1H3.